The van der Waals surface area contributed by atoms with E-state index in [2.05, 4.69) is 21.7 Å². The van der Waals surface area contributed by atoms with E-state index < -0.39 is 0 Å². The summed E-state index contributed by atoms with van der Waals surface area (Å²) in [5, 5.41) is 0. The first-order valence-electron chi connectivity index (χ1n) is 6.65. The molecule has 0 fully saturated rings. The molecule has 2 aromatic rings. The third-order valence-corrected chi connectivity index (χ3v) is 3.67. The van der Waals surface area contributed by atoms with Gasteiger partial charge in [0.15, 0.2) is 0 Å². The summed E-state index contributed by atoms with van der Waals surface area (Å²) >= 11 is 0. The Kier molecular flexibility index (Phi) is 3.18. The Morgan fingerprint density at radius 2 is 2.00 bits per heavy atom. The van der Waals surface area contributed by atoms with Crippen LogP contribution in [0.25, 0.3) is 11.4 Å². The quantitative estimate of drug-likeness (QED) is 0.800. The number of carbonyl (C=O) groups excluding carboxylic acids is 1. The van der Waals surface area contributed by atoms with Crippen LogP contribution in [0, 0.1) is 6.92 Å². The molecule has 1 amide bonds. The van der Waals surface area contributed by atoms with Crippen molar-refractivity contribution in [3.63, 3.8) is 0 Å². The first-order chi connectivity index (χ1) is 9.70. The normalized spacial score (nSPS) is 14.0. The van der Waals surface area contributed by atoms with Crippen molar-refractivity contribution in [3.05, 3.63) is 41.7 Å². The van der Waals surface area contributed by atoms with Crippen LogP contribution < -0.4 is 0 Å². The van der Waals surface area contributed by atoms with Gasteiger partial charge in [0, 0.05) is 18.7 Å². The first kappa shape index (κ1) is 12.7. The van der Waals surface area contributed by atoms with Crippen LogP contribution in [0.4, 0.5) is 4.79 Å². The molecule has 0 saturated carbocycles. The average molecular weight is 271 g/mol. The van der Waals surface area contributed by atoms with Crippen LogP contribution >= 0.6 is 0 Å². The minimum absolute atomic E-state index is 0.280. The van der Waals surface area contributed by atoms with Gasteiger partial charge in [-0.2, -0.15) is 0 Å². The van der Waals surface area contributed by atoms with Crippen molar-refractivity contribution in [1.29, 1.82) is 0 Å². The number of carbonyl (C=O) groups is 1. The number of imidazole rings is 1. The largest absolute Gasteiger partial charge is 0.453 e. The van der Waals surface area contributed by atoms with Gasteiger partial charge in [-0.15, -0.1) is 0 Å². The van der Waals surface area contributed by atoms with Gasteiger partial charge in [-0.25, -0.2) is 9.78 Å². The van der Waals surface area contributed by atoms with Crippen molar-refractivity contribution in [2.45, 2.75) is 20.0 Å². The number of benzene rings is 1. The Balaban J connectivity index is 1.98. The van der Waals surface area contributed by atoms with E-state index in [0.717, 1.165) is 29.3 Å². The number of methoxy groups -OCH3 is 1. The van der Waals surface area contributed by atoms with Gasteiger partial charge in [-0.05, 0) is 6.92 Å². The number of nitrogens with zero attached hydrogens (tertiary/aromatic N) is 3. The van der Waals surface area contributed by atoms with Gasteiger partial charge in [0.2, 0.25) is 0 Å². The fourth-order valence-electron chi connectivity index (χ4n) is 2.62. The molecule has 3 rings (SSSR count). The second-order valence-corrected chi connectivity index (χ2v) is 4.88. The minimum Gasteiger partial charge on any atom is -0.453 e. The topological polar surface area (TPSA) is 47.4 Å². The summed E-state index contributed by atoms with van der Waals surface area (Å²) in [6.45, 7) is 3.93. The van der Waals surface area contributed by atoms with Crippen LogP contribution in [0.5, 0.6) is 0 Å². The van der Waals surface area contributed by atoms with E-state index in [1.165, 1.54) is 7.11 Å². The summed E-state index contributed by atoms with van der Waals surface area (Å²) in [4.78, 5) is 18.0. The summed E-state index contributed by atoms with van der Waals surface area (Å²) < 4.78 is 6.99. The zero-order valence-electron chi connectivity index (χ0n) is 11.7. The molecule has 20 heavy (non-hydrogen) atoms. The molecular weight excluding hydrogens is 254 g/mol. The van der Waals surface area contributed by atoms with Gasteiger partial charge in [0.05, 0.1) is 25.0 Å². The summed E-state index contributed by atoms with van der Waals surface area (Å²) in [5.74, 6) is 0.975. The smallest absolute Gasteiger partial charge is 0.409 e. The maximum absolute atomic E-state index is 11.6. The molecule has 0 atom stereocenters. The third-order valence-electron chi connectivity index (χ3n) is 3.67. The van der Waals surface area contributed by atoms with Crippen molar-refractivity contribution in [3.8, 4) is 11.4 Å². The van der Waals surface area contributed by atoms with Gasteiger partial charge in [0.1, 0.15) is 5.82 Å². The maximum atomic E-state index is 11.6. The lowest BCUT2D eigenvalue weighted by Gasteiger charge is -2.28. The highest BCUT2D eigenvalue weighted by atomic mass is 16.5. The zero-order valence-corrected chi connectivity index (χ0v) is 11.7. The standard InChI is InChI=1S/C15H17N3O2/c1-11-13-10-17(15(19)20-2)8-9-18(13)14(16-11)12-6-4-3-5-7-12/h3-7H,8-10H2,1-2H3. The molecule has 104 valence electrons. The van der Waals surface area contributed by atoms with Crippen molar-refractivity contribution >= 4 is 6.09 Å². The van der Waals surface area contributed by atoms with E-state index in [4.69, 9.17) is 4.74 Å². The number of fused-ring (bicyclic) bond motifs is 1. The molecule has 5 nitrogen and oxygen atoms in total. The molecule has 0 N–H and O–H groups in total. The summed E-state index contributed by atoms with van der Waals surface area (Å²) in [6, 6.07) is 10.1. The van der Waals surface area contributed by atoms with E-state index in [1.54, 1.807) is 4.90 Å². The van der Waals surface area contributed by atoms with E-state index in [0.29, 0.717) is 13.1 Å². The fraction of sp³-hybridized carbons (Fsp3) is 0.333. The number of rotatable bonds is 1. The van der Waals surface area contributed by atoms with Crippen LogP contribution in [0.2, 0.25) is 0 Å². The van der Waals surface area contributed by atoms with Crippen molar-refractivity contribution in [2.24, 2.45) is 0 Å². The molecule has 1 aromatic carbocycles. The Labute approximate surface area is 117 Å². The van der Waals surface area contributed by atoms with Gasteiger partial charge in [0.25, 0.3) is 0 Å². The maximum Gasteiger partial charge on any atom is 0.409 e. The molecule has 0 saturated heterocycles. The van der Waals surface area contributed by atoms with Crippen LogP contribution in [0.3, 0.4) is 0 Å². The predicted octanol–water partition coefficient (Wildman–Crippen LogP) is 2.44. The third kappa shape index (κ3) is 2.05. The van der Waals surface area contributed by atoms with Crippen molar-refractivity contribution in [2.75, 3.05) is 13.7 Å². The van der Waals surface area contributed by atoms with Gasteiger partial charge >= 0.3 is 6.09 Å². The van der Waals surface area contributed by atoms with Crippen LogP contribution in [0.1, 0.15) is 11.4 Å². The Bertz CT molecular complexity index is 634. The Morgan fingerprint density at radius 3 is 2.70 bits per heavy atom. The molecule has 5 heteroatoms. The summed E-state index contributed by atoms with van der Waals surface area (Å²) in [5.41, 5.74) is 3.16. The highest BCUT2D eigenvalue weighted by Gasteiger charge is 2.25. The van der Waals surface area contributed by atoms with E-state index in [1.807, 2.05) is 25.1 Å². The highest BCUT2D eigenvalue weighted by molar-refractivity contribution is 5.68. The van der Waals surface area contributed by atoms with Crippen molar-refractivity contribution in [1.82, 2.24) is 14.5 Å². The SMILES string of the molecule is COC(=O)N1CCn2c(-c3ccccc3)nc(C)c2C1. The fourth-order valence-corrected chi connectivity index (χ4v) is 2.62. The number of hydrogen-bond acceptors (Lipinski definition) is 3. The number of ether oxygens (including phenoxy) is 1. The monoisotopic (exact) mass is 271 g/mol. The second-order valence-electron chi connectivity index (χ2n) is 4.88. The lowest BCUT2D eigenvalue weighted by atomic mass is 10.2. The molecule has 0 aliphatic carbocycles. The number of hydrogen-bond donors (Lipinski definition) is 0. The lowest BCUT2D eigenvalue weighted by Crippen LogP contribution is -2.38. The Morgan fingerprint density at radius 1 is 1.25 bits per heavy atom. The number of amides is 1. The number of aryl methyl sites for hydroxylation is 1. The molecule has 1 aliphatic heterocycles. The van der Waals surface area contributed by atoms with Gasteiger partial charge in [-0.1, -0.05) is 30.3 Å². The predicted molar refractivity (Wildman–Crippen MR) is 75.2 cm³/mol. The minimum atomic E-state index is -0.280. The van der Waals surface area contributed by atoms with E-state index in [9.17, 15) is 4.79 Å². The first-order valence-corrected chi connectivity index (χ1v) is 6.65. The second kappa shape index (κ2) is 5.00. The lowest BCUT2D eigenvalue weighted by molar-refractivity contribution is 0.112. The van der Waals surface area contributed by atoms with Crippen LogP contribution in [0.15, 0.2) is 30.3 Å². The molecular formula is C15H17N3O2. The van der Waals surface area contributed by atoms with E-state index >= 15 is 0 Å². The van der Waals surface area contributed by atoms with Gasteiger partial charge in [-0.3, -0.25) is 0 Å². The molecule has 0 bridgehead atoms. The average Bonchev–Trinajstić information content (AvgIpc) is 2.84. The Hall–Kier alpha value is -2.30. The molecule has 0 spiro atoms. The zero-order chi connectivity index (χ0) is 14.1. The summed E-state index contributed by atoms with van der Waals surface area (Å²) in [7, 11) is 1.41. The van der Waals surface area contributed by atoms with Crippen molar-refractivity contribution < 1.29 is 9.53 Å². The molecule has 1 aliphatic rings. The molecule has 0 radical (unpaired) electrons. The highest BCUT2D eigenvalue weighted by Crippen LogP contribution is 2.26. The van der Waals surface area contributed by atoms with Crippen LogP contribution in [-0.4, -0.2) is 34.2 Å². The van der Waals surface area contributed by atoms with E-state index in [-0.39, 0.29) is 6.09 Å². The molecule has 0 unspecified atom stereocenters. The molecule has 1 aromatic heterocycles. The van der Waals surface area contributed by atoms with Crippen LogP contribution in [-0.2, 0) is 17.8 Å². The molecule has 2 heterocycles. The number of aromatic nitrogens is 2. The summed E-state index contributed by atoms with van der Waals surface area (Å²) in [6.07, 6.45) is -0.280. The van der Waals surface area contributed by atoms with Gasteiger partial charge < -0.3 is 14.2 Å².